The molecule has 1 fully saturated rings. The van der Waals surface area contributed by atoms with Gasteiger partial charge in [-0.3, -0.25) is 4.90 Å². The van der Waals surface area contributed by atoms with Gasteiger partial charge in [0.1, 0.15) is 12.4 Å². The van der Waals surface area contributed by atoms with Crippen LogP contribution in [0.25, 0.3) is 0 Å². The van der Waals surface area contributed by atoms with Crippen molar-refractivity contribution in [2.24, 2.45) is 0 Å². The molecule has 3 rings (SSSR count). The average Bonchev–Trinajstić information content (AvgIpc) is 2.66. The lowest BCUT2D eigenvalue weighted by atomic mass is 10.0. The van der Waals surface area contributed by atoms with Crippen molar-refractivity contribution in [2.75, 3.05) is 32.8 Å². The summed E-state index contributed by atoms with van der Waals surface area (Å²) in [4.78, 5) is 2.44. The summed E-state index contributed by atoms with van der Waals surface area (Å²) < 4.78 is 6.12. The molecule has 0 amide bonds. The Balaban J connectivity index is 0.00000225. The highest BCUT2D eigenvalue weighted by Crippen LogP contribution is 2.32. The van der Waals surface area contributed by atoms with Crippen molar-refractivity contribution < 1.29 is 9.84 Å². The van der Waals surface area contributed by atoms with Gasteiger partial charge >= 0.3 is 0 Å². The van der Waals surface area contributed by atoms with E-state index in [0.29, 0.717) is 6.61 Å². The average molecular weight is 363 g/mol. The summed E-state index contributed by atoms with van der Waals surface area (Å²) in [5.41, 5.74) is 2.33. The molecular formula is C20H27ClN2O2. The number of ether oxygens (including phenoxy) is 1. The molecule has 1 aliphatic rings. The van der Waals surface area contributed by atoms with E-state index in [1.165, 1.54) is 5.56 Å². The van der Waals surface area contributed by atoms with E-state index in [9.17, 15) is 5.11 Å². The van der Waals surface area contributed by atoms with Gasteiger partial charge in [0.25, 0.3) is 0 Å². The van der Waals surface area contributed by atoms with Gasteiger partial charge in [-0.2, -0.15) is 0 Å². The van der Waals surface area contributed by atoms with Gasteiger partial charge in [-0.25, -0.2) is 0 Å². The van der Waals surface area contributed by atoms with Gasteiger partial charge in [-0.15, -0.1) is 12.4 Å². The van der Waals surface area contributed by atoms with Crippen LogP contribution in [0.15, 0.2) is 54.6 Å². The van der Waals surface area contributed by atoms with Gasteiger partial charge < -0.3 is 15.2 Å². The predicted molar refractivity (Wildman–Crippen MR) is 103 cm³/mol. The van der Waals surface area contributed by atoms with E-state index in [1.54, 1.807) is 0 Å². The first-order chi connectivity index (χ1) is 11.9. The maximum Gasteiger partial charge on any atom is 0.124 e. The number of rotatable bonds is 7. The fourth-order valence-electron chi connectivity index (χ4n) is 3.27. The Morgan fingerprint density at radius 1 is 1.00 bits per heavy atom. The molecule has 2 aromatic rings. The standard InChI is InChI=1S/C20H26N2O2.ClH/c23-15-10-19(22-13-11-21-12-14-22)18-8-4-5-9-20(18)24-16-17-6-2-1-3-7-17;/h1-9,19,21,23H,10-16H2;1H/t19-;/m1./s1. The normalized spacial score (nSPS) is 16.0. The molecular weight excluding hydrogens is 336 g/mol. The van der Waals surface area contributed by atoms with E-state index in [2.05, 4.69) is 34.5 Å². The summed E-state index contributed by atoms with van der Waals surface area (Å²) in [5, 5.41) is 12.9. The maximum absolute atomic E-state index is 9.54. The second-order valence-corrected chi connectivity index (χ2v) is 6.13. The molecule has 0 aliphatic carbocycles. The van der Waals surface area contributed by atoms with Gasteiger partial charge in [-0.05, 0) is 18.1 Å². The number of piperazine rings is 1. The van der Waals surface area contributed by atoms with Crippen molar-refractivity contribution in [3.05, 3.63) is 65.7 Å². The van der Waals surface area contributed by atoms with Crippen molar-refractivity contribution in [1.82, 2.24) is 10.2 Å². The topological polar surface area (TPSA) is 44.7 Å². The molecule has 136 valence electrons. The van der Waals surface area contributed by atoms with Crippen LogP contribution in [0.2, 0.25) is 0 Å². The van der Waals surface area contributed by atoms with E-state index in [-0.39, 0.29) is 25.1 Å². The molecule has 2 aromatic carbocycles. The second kappa shape index (κ2) is 10.4. The fraction of sp³-hybridized carbons (Fsp3) is 0.400. The molecule has 4 nitrogen and oxygen atoms in total. The van der Waals surface area contributed by atoms with Crippen LogP contribution in [0.5, 0.6) is 5.75 Å². The Kier molecular flexibility index (Phi) is 8.22. The van der Waals surface area contributed by atoms with Gasteiger partial charge in [0.15, 0.2) is 0 Å². The third-order valence-electron chi connectivity index (χ3n) is 4.51. The van der Waals surface area contributed by atoms with Crippen LogP contribution in [0.3, 0.4) is 0 Å². The predicted octanol–water partition coefficient (Wildman–Crippen LogP) is 3.02. The number of aliphatic hydroxyl groups excluding tert-OH is 1. The molecule has 0 radical (unpaired) electrons. The first-order valence-corrected chi connectivity index (χ1v) is 8.70. The fourth-order valence-corrected chi connectivity index (χ4v) is 3.27. The SMILES string of the molecule is Cl.OCC[C@H](c1ccccc1OCc1ccccc1)N1CCNCC1. The monoisotopic (exact) mass is 362 g/mol. The molecule has 1 saturated heterocycles. The van der Waals surface area contributed by atoms with Crippen molar-refractivity contribution >= 4 is 12.4 Å². The van der Waals surface area contributed by atoms with Crippen LogP contribution in [-0.2, 0) is 6.61 Å². The Morgan fingerprint density at radius 3 is 2.40 bits per heavy atom. The van der Waals surface area contributed by atoms with Crippen molar-refractivity contribution in [2.45, 2.75) is 19.1 Å². The van der Waals surface area contributed by atoms with E-state index in [1.807, 2.05) is 30.3 Å². The van der Waals surface area contributed by atoms with Gasteiger partial charge in [0.2, 0.25) is 0 Å². The maximum atomic E-state index is 9.54. The Labute approximate surface area is 156 Å². The molecule has 0 bridgehead atoms. The zero-order chi connectivity index (χ0) is 16.6. The van der Waals surface area contributed by atoms with Crippen LogP contribution in [0.1, 0.15) is 23.6 Å². The van der Waals surface area contributed by atoms with Crippen LogP contribution < -0.4 is 10.1 Å². The first-order valence-electron chi connectivity index (χ1n) is 8.70. The van der Waals surface area contributed by atoms with Gasteiger partial charge in [0, 0.05) is 44.4 Å². The number of hydrogen-bond acceptors (Lipinski definition) is 4. The number of hydrogen-bond donors (Lipinski definition) is 2. The lowest BCUT2D eigenvalue weighted by Gasteiger charge is -2.35. The smallest absolute Gasteiger partial charge is 0.124 e. The third kappa shape index (κ3) is 5.44. The Morgan fingerprint density at radius 2 is 1.68 bits per heavy atom. The van der Waals surface area contributed by atoms with Crippen molar-refractivity contribution in [3.63, 3.8) is 0 Å². The lowest BCUT2D eigenvalue weighted by Crippen LogP contribution is -2.45. The van der Waals surface area contributed by atoms with Crippen LogP contribution in [0, 0.1) is 0 Å². The van der Waals surface area contributed by atoms with Gasteiger partial charge in [0.05, 0.1) is 0 Å². The molecule has 0 unspecified atom stereocenters. The molecule has 0 saturated carbocycles. The minimum Gasteiger partial charge on any atom is -0.489 e. The second-order valence-electron chi connectivity index (χ2n) is 6.13. The summed E-state index contributed by atoms with van der Waals surface area (Å²) >= 11 is 0. The van der Waals surface area contributed by atoms with Crippen LogP contribution in [-0.4, -0.2) is 42.8 Å². The Bertz CT molecular complexity index is 618. The first kappa shape index (κ1) is 19.7. The number of benzene rings is 2. The van der Waals surface area contributed by atoms with Crippen molar-refractivity contribution in [1.29, 1.82) is 0 Å². The summed E-state index contributed by atoms with van der Waals surface area (Å²) in [5.74, 6) is 0.915. The summed E-state index contributed by atoms with van der Waals surface area (Å²) in [6, 6.07) is 18.6. The highest BCUT2D eigenvalue weighted by Gasteiger charge is 2.24. The van der Waals surface area contributed by atoms with E-state index in [4.69, 9.17) is 4.74 Å². The number of nitrogens with one attached hydrogen (secondary N) is 1. The number of nitrogens with zero attached hydrogens (tertiary/aromatic N) is 1. The molecule has 2 N–H and O–H groups in total. The molecule has 0 spiro atoms. The number of halogens is 1. The highest BCUT2D eigenvalue weighted by molar-refractivity contribution is 5.85. The quantitative estimate of drug-likeness (QED) is 0.794. The third-order valence-corrected chi connectivity index (χ3v) is 4.51. The molecule has 25 heavy (non-hydrogen) atoms. The van der Waals surface area contributed by atoms with Gasteiger partial charge in [-0.1, -0.05) is 48.5 Å². The van der Waals surface area contributed by atoms with E-state index < -0.39 is 0 Å². The molecule has 0 aromatic heterocycles. The zero-order valence-electron chi connectivity index (χ0n) is 14.4. The largest absolute Gasteiger partial charge is 0.489 e. The van der Waals surface area contributed by atoms with E-state index in [0.717, 1.165) is 43.9 Å². The lowest BCUT2D eigenvalue weighted by molar-refractivity contribution is 0.137. The Hall–Kier alpha value is -1.59. The number of para-hydroxylation sites is 1. The van der Waals surface area contributed by atoms with Crippen LogP contribution in [0.4, 0.5) is 0 Å². The minimum atomic E-state index is 0. The van der Waals surface area contributed by atoms with Crippen LogP contribution >= 0.6 is 12.4 Å². The zero-order valence-corrected chi connectivity index (χ0v) is 15.3. The molecule has 5 heteroatoms. The molecule has 1 aliphatic heterocycles. The number of aliphatic hydroxyl groups is 1. The summed E-state index contributed by atoms with van der Waals surface area (Å²) in [6.45, 7) is 4.73. The molecule has 1 heterocycles. The van der Waals surface area contributed by atoms with E-state index >= 15 is 0 Å². The summed E-state index contributed by atoms with van der Waals surface area (Å²) in [6.07, 6.45) is 0.728. The highest BCUT2D eigenvalue weighted by atomic mass is 35.5. The minimum absolute atomic E-state index is 0. The molecule has 1 atom stereocenters. The van der Waals surface area contributed by atoms with Crippen molar-refractivity contribution in [3.8, 4) is 5.75 Å². The summed E-state index contributed by atoms with van der Waals surface area (Å²) in [7, 11) is 0.